The Balaban J connectivity index is 2.01. The molecule has 2 aromatic carbocycles. The number of nitriles is 1. The van der Waals surface area contributed by atoms with Crippen LogP contribution in [0.15, 0.2) is 36.4 Å². The summed E-state index contributed by atoms with van der Waals surface area (Å²) in [6, 6.07) is 13.3. The third-order valence-electron chi connectivity index (χ3n) is 3.54. The summed E-state index contributed by atoms with van der Waals surface area (Å²) in [5.41, 5.74) is 4.80. The zero-order valence-corrected chi connectivity index (χ0v) is 12.0. The van der Waals surface area contributed by atoms with Gasteiger partial charge in [0.2, 0.25) is 0 Å². The fraction of sp³-hybridized carbons (Fsp3) is 0.0556. The highest BCUT2D eigenvalue weighted by atomic mass is 16.1. The van der Waals surface area contributed by atoms with Gasteiger partial charge in [0, 0.05) is 10.9 Å². The number of carbonyl (C=O) groups is 1. The van der Waals surface area contributed by atoms with Gasteiger partial charge in [-0.2, -0.15) is 10.4 Å². The van der Waals surface area contributed by atoms with E-state index in [-0.39, 0.29) is 0 Å². The lowest BCUT2D eigenvalue weighted by Gasteiger charge is -1.97. The number of nitrogens with zero attached hydrogens (tertiary/aromatic N) is 2. The first-order valence-corrected chi connectivity index (χ1v) is 6.83. The van der Waals surface area contributed by atoms with Crippen molar-refractivity contribution in [3.63, 3.8) is 0 Å². The number of nitrogens with one attached hydrogen (secondary N) is 1. The first kappa shape index (κ1) is 13.8. The third-order valence-corrected chi connectivity index (χ3v) is 3.54. The van der Waals surface area contributed by atoms with Gasteiger partial charge in [-0.3, -0.25) is 9.89 Å². The van der Waals surface area contributed by atoms with Gasteiger partial charge >= 0.3 is 0 Å². The van der Waals surface area contributed by atoms with Crippen molar-refractivity contribution in [3.8, 4) is 6.07 Å². The van der Waals surface area contributed by atoms with Gasteiger partial charge in [0.1, 0.15) is 6.29 Å². The van der Waals surface area contributed by atoms with Crippen LogP contribution in [0.2, 0.25) is 0 Å². The maximum atomic E-state index is 10.8. The molecule has 0 amide bonds. The Hall–Kier alpha value is -3.19. The molecule has 0 saturated carbocycles. The molecule has 0 spiro atoms. The Morgan fingerprint density at radius 3 is 2.77 bits per heavy atom. The molecule has 0 atom stereocenters. The van der Waals surface area contributed by atoms with Crippen LogP contribution in [0, 0.1) is 18.3 Å². The molecule has 0 aliphatic heterocycles. The van der Waals surface area contributed by atoms with Crippen molar-refractivity contribution >= 4 is 29.3 Å². The summed E-state index contributed by atoms with van der Waals surface area (Å²) in [7, 11) is 0. The first-order chi connectivity index (χ1) is 10.7. The molecule has 0 saturated heterocycles. The molecule has 106 valence electrons. The lowest BCUT2D eigenvalue weighted by atomic mass is 10.1. The summed E-state index contributed by atoms with van der Waals surface area (Å²) in [6.07, 6.45) is 4.59. The van der Waals surface area contributed by atoms with Crippen molar-refractivity contribution in [2.75, 3.05) is 0 Å². The largest absolute Gasteiger partial charge is 0.298 e. The maximum Gasteiger partial charge on any atom is 0.150 e. The minimum atomic E-state index is 0.636. The number of aldehydes is 1. The standard InChI is InChI=1S/C18H13N3O/c1-12-7-18-16(9-15(12)10-19)17(20-21-18)6-5-13-3-2-4-14(8-13)11-22/h2-9,11H,1H3,(H,20,21)/b6-5+. The summed E-state index contributed by atoms with van der Waals surface area (Å²) in [5, 5.41) is 17.3. The highest BCUT2D eigenvalue weighted by Crippen LogP contribution is 2.22. The quantitative estimate of drug-likeness (QED) is 0.746. The van der Waals surface area contributed by atoms with Gasteiger partial charge in [-0.15, -0.1) is 0 Å². The van der Waals surface area contributed by atoms with Crippen LogP contribution in [0.25, 0.3) is 23.1 Å². The number of carbonyl (C=O) groups excluding carboxylic acids is 1. The molecule has 0 aliphatic rings. The number of fused-ring (bicyclic) bond motifs is 1. The summed E-state index contributed by atoms with van der Waals surface area (Å²) >= 11 is 0. The number of aromatic nitrogens is 2. The normalized spacial score (nSPS) is 10.9. The Kier molecular flexibility index (Phi) is 3.55. The van der Waals surface area contributed by atoms with Gasteiger partial charge in [0.05, 0.1) is 22.8 Å². The lowest BCUT2D eigenvalue weighted by molar-refractivity contribution is 0.112. The third kappa shape index (κ3) is 2.52. The van der Waals surface area contributed by atoms with E-state index >= 15 is 0 Å². The molecule has 0 unspecified atom stereocenters. The predicted molar refractivity (Wildman–Crippen MR) is 86.3 cm³/mol. The van der Waals surface area contributed by atoms with Crippen LogP contribution in [0.4, 0.5) is 0 Å². The van der Waals surface area contributed by atoms with Gasteiger partial charge < -0.3 is 0 Å². The average molecular weight is 287 g/mol. The van der Waals surface area contributed by atoms with Crippen molar-refractivity contribution in [2.45, 2.75) is 6.92 Å². The SMILES string of the molecule is Cc1cc2[nH]nc(/C=C/c3cccc(C=O)c3)c2cc1C#N. The minimum Gasteiger partial charge on any atom is -0.298 e. The second kappa shape index (κ2) is 5.66. The molecule has 1 N–H and O–H groups in total. The van der Waals surface area contributed by atoms with Crippen LogP contribution in [0.1, 0.15) is 32.7 Å². The molecule has 0 bridgehead atoms. The van der Waals surface area contributed by atoms with E-state index in [0.717, 1.165) is 34.0 Å². The Morgan fingerprint density at radius 1 is 1.18 bits per heavy atom. The van der Waals surface area contributed by atoms with E-state index in [1.165, 1.54) is 0 Å². The molecule has 1 aromatic heterocycles. The highest BCUT2D eigenvalue weighted by Gasteiger charge is 2.06. The van der Waals surface area contributed by atoms with E-state index in [1.807, 2.05) is 49.4 Å². The zero-order valence-electron chi connectivity index (χ0n) is 12.0. The molecular formula is C18H13N3O. The average Bonchev–Trinajstić information content (AvgIpc) is 2.94. The highest BCUT2D eigenvalue weighted by molar-refractivity contribution is 5.91. The Bertz CT molecular complexity index is 929. The van der Waals surface area contributed by atoms with Crippen LogP contribution in [-0.2, 0) is 0 Å². The van der Waals surface area contributed by atoms with Crippen LogP contribution < -0.4 is 0 Å². The lowest BCUT2D eigenvalue weighted by Crippen LogP contribution is -1.82. The summed E-state index contributed by atoms with van der Waals surface area (Å²) < 4.78 is 0. The molecule has 3 aromatic rings. The van der Waals surface area contributed by atoms with Gasteiger partial charge in [0.15, 0.2) is 0 Å². The van der Waals surface area contributed by atoms with Crippen molar-refractivity contribution in [2.24, 2.45) is 0 Å². The number of aromatic amines is 1. The Labute approximate surface area is 127 Å². The number of aryl methyl sites for hydroxylation is 1. The van der Waals surface area contributed by atoms with Crippen LogP contribution in [-0.4, -0.2) is 16.5 Å². The zero-order chi connectivity index (χ0) is 15.5. The summed E-state index contributed by atoms with van der Waals surface area (Å²) in [5.74, 6) is 0. The molecule has 22 heavy (non-hydrogen) atoms. The second-order valence-corrected chi connectivity index (χ2v) is 5.05. The number of rotatable bonds is 3. The second-order valence-electron chi connectivity index (χ2n) is 5.05. The predicted octanol–water partition coefficient (Wildman–Crippen LogP) is 3.73. The van der Waals surface area contributed by atoms with Gasteiger partial charge in [-0.1, -0.05) is 24.3 Å². The Morgan fingerprint density at radius 2 is 2.00 bits per heavy atom. The van der Waals surface area contributed by atoms with Crippen molar-refractivity contribution in [1.29, 1.82) is 5.26 Å². The summed E-state index contributed by atoms with van der Waals surface area (Å²) in [4.78, 5) is 10.8. The molecule has 0 aliphatic carbocycles. The molecule has 1 heterocycles. The topological polar surface area (TPSA) is 69.5 Å². The van der Waals surface area contributed by atoms with E-state index in [1.54, 1.807) is 6.07 Å². The smallest absolute Gasteiger partial charge is 0.150 e. The van der Waals surface area contributed by atoms with Crippen molar-refractivity contribution in [3.05, 3.63) is 64.3 Å². The van der Waals surface area contributed by atoms with Crippen molar-refractivity contribution in [1.82, 2.24) is 10.2 Å². The van der Waals surface area contributed by atoms with Crippen molar-refractivity contribution < 1.29 is 4.79 Å². The van der Waals surface area contributed by atoms with Crippen LogP contribution >= 0.6 is 0 Å². The molecule has 0 radical (unpaired) electrons. The van der Waals surface area contributed by atoms with Gasteiger partial charge in [-0.25, -0.2) is 0 Å². The fourth-order valence-electron chi connectivity index (χ4n) is 2.35. The van der Waals surface area contributed by atoms with E-state index in [9.17, 15) is 4.79 Å². The number of benzene rings is 2. The van der Waals surface area contributed by atoms with E-state index < -0.39 is 0 Å². The van der Waals surface area contributed by atoms with Gasteiger partial charge in [0.25, 0.3) is 0 Å². The molecule has 4 heteroatoms. The summed E-state index contributed by atoms with van der Waals surface area (Å²) in [6.45, 7) is 1.90. The van der Waals surface area contributed by atoms with E-state index in [0.29, 0.717) is 11.1 Å². The first-order valence-electron chi connectivity index (χ1n) is 6.83. The number of hydrogen-bond acceptors (Lipinski definition) is 3. The van der Waals surface area contributed by atoms with Crippen LogP contribution in [0.3, 0.4) is 0 Å². The van der Waals surface area contributed by atoms with E-state index in [4.69, 9.17) is 5.26 Å². The van der Waals surface area contributed by atoms with E-state index in [2.05, 4.69) is 16.3 Å². The van der Waals surface area contributed by atoms with Crippen LogP contribution in [0.5, 0.6) is 0 Å². The number of hydrogen-bond donors (Lipinski definition) is 1. The van der Waals surface area contributed by atoms with Gasteiger partial charge in [-0.05, 0) is 42.3 Å². The molecule has 3 rings (SSSR count). The molecule has 4 nitrogen and oxygen atoms in total. The minimum absolute atomic E-state index is 0.636. The molecular weight excluding hydrogens is 274 g/mol. The number of H-pyrrole nitrogens is 1. The fourth-order valence-corrected chi connectivity index (χ4v) is 2.35. The maximum absolute atomic E-state index is 10.8. The molecule has 0 fully saturated rings. The monoisotopic (exact) mass is 287 g/mol.